The van der Waals surface area contributed by atoms with Gasteiger partial charge in [-0.05, 0) is 80.0 Å². The van der Waals surface area contributed by atoms with E-state index in [0.717, 1.165) is 43.4 Å². The van der Waals surface area contributed by atoms with Crippen molar-refractivity contribution >= 4 is 0 Å². The predicted molar refractivity (Wildman–Crippen MR) is 86.4 cm³/mol. The highest BCUT2D eigenvalue weighted by atomic mass is 16.5. The minimum absolute atomic E-state index is 0.112. The molecule has 0 bridgehead atoms. The summed E-state index contributed by atoms with van der Waals surface area (Å²) in [5.41, 5.74) is 4.77. The van der Waals surface area contributed by atoms with Crippen LogP contribution in [0.25, 0.3) is 0 Å². The van der Waals surface area contributed by atoms with E-state index in [-0.39, 0.29) is 17.6 Å². The second kappa shape index (κ2) is 5.06. The van der Waals surface area contributed by atoms with Crippen LogP contribution >= 0.6 is 0 Å². The van der Waals surface area contributed by atoms with Crippen molar-refractivity contribution in [1.82, 2.24) is 5.48 Å². The third kappa shape index (κ3) is 1.91. The van der Waals surface area contributed by atoms with E-state index in [2.05, 4.69) is 25.4 Å². The molecule has 4 aliphatic rings. The van der Waals surface area contributed by atoms with Crippen LogP contribution in [0.4, 0.5) is 0 Å². The largest absolute Gasteiger partial charge is 0.393 e. The summed E-state index contributed by atoms with van der Waals surface area (Å²) in [6, 6.07) is 0.282. The van der Waals surface area contributed by atoms with Gasteiger partial charge in [-0.15, -0.1) is 0 Å². The average Bonchev–Trinajstić information content (AvgIpc) is 2.84. The maximum atomic E-state index is 10.0. The Labute approximate surface area is 134 Å². The fraction of sp³-hybridized carbons (Fsp3) is 0.895. The van der Waals surface area contributed by atoms with E-state index in [1.54, 1.807) is 5.57 Å². The van der Waals surface area contributed by atoms with Gasteiger partial charge in [0.05, 0.1) is 6.10 Å². The number of fused-ring (bicyclic) bond motifs is 5. The molecule has 0 unspecified atom stereocenters. The average molecular weight is 305 g/mol. The zero-order chi connectivity index (χ0) is 15.5. The van der Waals surface area contributed by atoms with E-state index in [1.807, 2.05) is 0 Å². The van der Waals surface area contributed by atoms with Gasteiger partial charge in [-0.2, -0.15) is 0 Å². The Morgan fingerprint density at radius 2 is 1.91 bits per heavy atom. The van der Waals surface area contributed by atoms with Gasteiger partial charge in [0.2, 0.25) is 0 Å². The van der Waals surface area contributed by atoms with Crippen molar-refractivity contribution in [3.05, 3.63) is 11.6 Å². The zero-order valence-electron chi connectivity index (χ0n) is 14.0. The lowest BCUT2D eigenvalue weighted by Gasteiger charge is -2.57. The van der Waals surface area contributed by atoms with E-state index in [0.29, 0.717) is 5.41 Å². The van der Waals surface area contributed by atoms with E-state index in [4.69, 9.17) is 0 Å². The summed E-state index contributed by atoms with van der Waals surface area (Å²) in [6.45, 7) is 4.88. The molecule has 3 saturated carbocycles. The molecule has 0 spiro atoms. The Morgan fingerprint density at radius 1 is 1.09 bits per heavy atom. The van der Waals surface area contributed by atoms with Gasteiger partial charge < -0.3 is 10.3 Å². The van der Waals surface area contributed by atoms with Crippen molar-refractivity contribution in [2.75, 3.05) is 0 Å². The molecular formula is C19H31NO2. The minimum Gasteiger partial charge on any atom is -0.393 e. The van der Waals surface area contributed by atoms with Crippen LogP contribution in [0.2, 0.25) is 0 Å². The van der Waals surface area contributed by atoms with Gasteiger partial charge in [0.1, 0.15) is 0 Å². The van der Waals surface area contributed by atoms with Crippen LogP contribution in [-0.4, -0.2) is 22.5 Å². The van der Waals surface area contributed by atoms with Gasteiger partial charge in [-0.3, -0.25) is 0 Å². The highest BCUT2D eigenvalue weighted by molar-refractivity contribution is 5.25. The number of rotatable bonds is 1. The maximum Gasteiger partial charge on any atom is 0.0577 e. The van der Waals surface area contributed by atoms with Crippen molar-refractivity contribution in [2.24, 2.45) is 28.6 Å². The standard InChI is InChI=1S/C19H31NO2/c1-18-9-7-13(21)11-12(18)3-4-14-15-5-6-17(20-22)19(15,2)10-8-16(14)18/h3,13-17,20-22H,4-11H2,1-2H3/t13-,14-,15-,16-,17-,18-,19-/m0/s1. The smallest absolute Gasteiger partial charge is 0.0577 e. The number of aliphatic hydroxyl groups is 1. The summed E-state index contributed by atoms with van der Waals surface area (Å²) in [4.78, 5) is 0. The lowest BCUT2D eigenvalue weighted by atomic mass is 9.48. The fourth-order valence-electron chi connectivity index (χ4n) is 6.85. The van der Waals surface area contributed by atoms with Gasteiger partial charge in [-0.1, -0.05) is 25.5 Å². The number of aliphatic hydroxyl groups excluding tert-OH is 1. The number of hydrogen-bond acceptors (Lipinski definition) is 3. The van der Waals surface area contributed by atoms with Crippen molar-refractivity contribution < 1.29 is 10.3 Å². The van der Waals surface area contributed by atoms with Gasteiger partial charge in [0.25, 0.3) is 0 Å². The predicted octanol–water partition coefficient (Wildman–Crippen LogP) is 3.66. The normalized spacial score (nSPS) is 54.2. The fourth-order valence-corrected chi connectivity index (χ4v) is 6.85. The summed E-state index contributed by atoms with van der Waals surface area (Å²) >= 11 is 0. The topological polar surface area (TPSA) is 52.5 Å². The number of hydrogen-bond donors (Lipinski definition) is 3. The minimum atomic E-state index is -0.112. The van der Waals surface area contributed by atoms with E-state index >= 15 is 0 Å². The summed E-state index contributed by atoms with van der Waals surface area (Å²) in [6.07, 6.45) is 11.5. The Morgan fingerprint density at radius 3 is 2.68 bits per heavy atom. The zero-order valence-corrected chi connectivity index (χ0v) is 14.0. The molecule has 0 radical (unpaired) electrons. The van der Waals surface area contributed by atoms with Crippen LogP contribution < -0.4 is 5.48 Å². The Kier molecular flexibility index (Phi) is 3.49. The second-order valence-corrected chi connectivity index (χ2v) is 8.96. The first-order chi connectivity index (χ1) is 10.5. The lowest BCUT2D eigenvalue weighted by molar-refractivity contribution is -0.0571. The highest BCUT2D eigenvalue weighted by Gasteiger charge is 2.58. The SMILES string of the molecule is C[C@]12CC[C@H]3[C@@H](CC=C4C[C@@H](O)CC[C@@]43C)[C@@H]1CC[C@@H]2NO. The molecule has 0 heterocycles. The Hall–Kier alpha value is -0.380. The van der Waals surface area contributed by atoms with Crippen LogP contribution in [0.5, 0.6) is 0 Å². The van der Waals surface area contributed by atoms with Gasteiger partial charge in [0, 0.05) is 6.04 Å². The van der Waals surface area contributed by atoms with Crippen molar-refractivity contribution in [2.45, 2.75) is 77.4 Å². The van der Waals surface area contributed by atoms with E-state index in [1.165, 1.54) is 25.7 Å². The first-order valence-electron chi connectivity index (χ1n) is 9.26. The van der Waals surface area contributed by atoms with Crippen LogP contribution in [-0.2, 0) is 0 Å². The maximum absolute atomic E-state index is 10.0. The molecule has 3 N–H and O–H groups in total. The molecule has 3 nitrogen and oxygen atoms in total. The molecule has 7 atom stereocenters. The monoisotopic (exact) mass is 305 g/mol. The van der Waals surface area contributed by atoms with Crippen molar-refractivity contribution in [1.29, 1.82) is 0 Å². The Balaban J connectivity index is 1.66. The summed E-state index contributed by atoms with van der Waals surface area (Å²) in [7, 11) is 0. The first-order valence-corrected chi connectivity index (χ1v) is 9.26. The molecule has 4 rings (SSSR count). The summed E-state index contributed by atoms with van der Waals surface area (Å²) in [5.74, 6) is 2.31. The Bertz CT molecular complexity index is 490. The van der Waals surface area contributed by atoms with Gasteiger partial charge in [-0.25, -0.2) is 5.48 Å². The number of nitrogens with one attached hydrogen (secondary N) is 1. The molecule has 3 fully saturated rings. The van der Waals surface area contributed by atoms with Crippen LogP contribution in [0.3, 0.4) is 0 Å². The van der Waals surface area contributed by atoms with Crippen LogP contribution in [0.15, 0.2) is 11.6 Å². The summed E-state index contributed by atoms with van der Waals surface area (Å²) in [5, 5.41) is 19.6. The van der Waals surface area contributed by atoms with Crippen molar-refractivity contribution in [3.63, 3.8) is 0 Å². The van der Waals surface area contributed by atoms with Gasteiger partial charge >= 0.3 is 0 Å². The molecule has 22 heavy (non-hydrogen) atoms. The molecule has 0 aliphatic heterocycles. The lowest BCUT2D eigenvalue weighted by Crippen LogP contribution is -2.52. The third-order valence-corrected chi connectivity index (χ3v) is 8.23. The molecular weight excluding hydrogens is 274 g/mol. The molecule has 3 heteroatoms. The van der Waals surface area contributed by atoms with E-state index < -0.39 is 0 Å². The van der Waals surface area contributed by atoms with Crippen LogP contribution in [0, 0.1) is 28.6 Å². The molecule has 0 aromatic carbocycles. The van der Waals surface area contributed by atoms with Crippen molar-refractivity contribution in [3.8, 4) is 0 Å². The molecule has 4 aliphatic carbocycles. The molecule has 0 amide bonds. The van der Waals surface area contributed by atoms with Gasteiger partial charge in [0.15, 0.2) is 0 Å². The molecule has 0 aromatic heterocycles. The number of hydroxylamine groups is 1. The summed E-state index contributed by atoms with van der Waals surface area (Å²) < 4.78 is 0. The molecule has 0 saturated heterocycles. The van der Waals surface area contributed by atoms with Crippen LogP contribution in [0.1, 0.15) is 65.2 Å². The molecule has 0 aromatic rings. The quantitative estimate of drug-likeness (QED) is 0.512. The first kappa shape index (κ1) is 15.2. The molecule has 124 valence electrons. The van der Waals surface area contributed by atoms with E-state index in [9.17, 15) is 10.3 Å². The third-order valence-electron chi connectivity index (χ3n) is 8.23. The second-order valence-electron chi connectivity index (χ2n) is 8.96. The highest BCUT2D eigenvalue weighted by Crippen LogP contribution is 2.64. The number of allylic oxidation sites excluding steroid dienone is 1.